The molecule has 1 N–H and O–H groups in total. The van der Waals surface area contributed by atoms with Gasteiger partial charge < -0.3 is 4.74 Å². The summed E-state index contributed by atoms with van der Waals surface area (Å²) >= 11 is 12.4. The molecule has 0 spiro atoms. The number of hydrogen-bond donors (Lipinski definition) is 1. The number of methoxy groups -OCH3 is 1. The van der Waals surface area contributed by atoms with Crippen LogP contribution in [0.1, 0.15) is 0 Å². The molecule has 0 aliphatic carbocycles. The van der Waals surface area contributed by atoms with Crippen LogP contribution in [0.5, 0.6) is 0 Å². The molecule has 0 saturated heterocycles. The van der Waals surface area contributed by atoms with Crippen LogP contribution in [0.2, 0.25) is 10.0 Å². The topological polar surface area (TPSA) is 71.1 Å². The predicted octanol–water partition coefficient (Wildman–Crippen LogP) is 4.17. The Morgan fingerprint density at radius 3 is 2.68 bits per heavy atom. The first-order valence-corrected chi connectivity index (χ1v) is 6.99. The number of amides is 1. The molecule has 0 unspecified atom stereocenters. The lowest BCUT2D eigenvalue weighted by molar-refractivity contribution is 0.181. The summed E-state index contributed by atoms with van der Waals surface area (Å²) in [6, 6.07) is 6.68. The minimum absolute atomic E-state index is 0.305. The van der Waals surface area contributed by atoms with Crippen LogP contribution in [0.25, 0.3) is 10.9 Å². The Kier molecular flexibility index (Phi) is 3.87. The normalized spacial score (nSPS) is 10.7. The van der Waals surface area contributed by atoms with E-state index in [1.165, 1.54) is 12.0 Å². The number of rotatable bonds is 2. The quantitative estimate of drug-likeness (QED) is 0.762. The number of carbonyl (C=O) groups excluding carboxylic acids is 1. The van der Waals surface area contributed by atoms with Gasteiger partial charge in [-0.05, 0) is 18.2 Å². The summed E-state index contributed by atoms with van der Waals surface area (Å²) in [5.41, 5.74) is 0.959. The first-order valence-electron chi connectivity index (χ1n) is 6.24. The molecular formula is C14H10Cl2N4O2. The number of aromatic nitrogens is 3. The van der Waals surface area contributed by atoms with Crippen LogP contribution in [0.4, 0.5) is 16.3 Å². The molecule has 2 aromatic heterocycles. The Hall–Kier alpha value is -2.31. The zero-order valence-electron chi connectivity index (χ0n) is 11.4. The molecule has 0 radical (unpaired) electrons. The molecule has 2 heterocycles. The van der Waals surface area contributed by atoms with Crippen molar-refractivity contribution in [2.24, 2.45) is 0 Å². The van der Waals surface area contributed by atoms with Gasteiger partial charge in [0.2, 0.25) is 0 Å². The third kappa shape index (κ3) is 2.36. The van der Waals surface area contributed by atoms with Crippen LogP contribution >= 0.6 is 23.2 Å². The molecule has 112 valence electrons. The summed E-state index contributed by atoms with van der Waals surface area (Å²) in [5, 5.41) is 8.07. The number of ether oxygens (including phenoxy) is 1. The lowest BCUT2D eigenvalue weighted by Crippen LogP contribution is -2.27. The van der Waals surface area contributed by atoms with Crippen LogP contribution in [-0.4, -0.2) is 28.4 Å². The Morgan fingerprint density at radius 1 is 1.27 bits per heavy atom. The van der Waals surface area contributed by atoms with E-state index in [0.29, 0.717) is 32.5 Å². The molecule has 0 fully saturated rings. The lowest BCUT2D eigenvalue weighted by Gasteiger charge is -2.22. The van der Waals surface area contributed by atoms with Gasteiger partial charge in [0, 0.05) is 12.4 Å². The number of anilines is 2. The van der Waals surface area contributed by atoms with E-state index in [1.807, 2.05) is 0 Å². The van der Waals surface area contributed by atoms with Gasteiger partial charge >= 0.3 is 6.09 Å². The van der Waals surface area contributed by atoms with Crippen molar-refractivity contribution < 1.29 is 9.53 Å². The van der Waals surface area contributed by atoms with E-state index in [4.69, 9.17) is 27.9 Å². The van der Waals surface area contributed by atoms with Gasteiger partial charge in [-0.3, -0.25) is 5.10 Å². The van der Waals surface area contributed by atoms with Crippen LogP contribution in [-0.2, 0) is 4.74 Å². The van der Waals surface area contributed by atoms with Crippen molar-refractivity contribution in [3.8, 4) is 0 Å². The number of nitrogens with one attached hydrogen (secondary N) is 1. The fourth-order valence-electron chi connectivity index (χ4n) is 2.11. The SMILES string of the molecule is COC(=O)N(c1c(Cl)cccc1Cl)c1nccc2n[nH]cc12. The summed E-state index contributed by atoms with van der Waals surface area (Å²) in [4.78, 5) is 17.8. The molecule has 8 heteroatoms. The van der Waals surface area contributed by atoms with Crippen molar-refractivity contribution >= 4 is 51.7 Å². The standard InChI is InChI=1S/C14H10Cl2N4O2/c1-22-14(21)20(12-9(15)3-2-4-10(12)16)13-8-7-18-19-11(8)5-6-17-13/h2-7H,1H3,(H,18,19). The molecule has 0 aliphatic heterocycles. The number of para-hydroxylation sites is 1. The third-order valence-corrected chi connectivity index (χ3v) is 3.68. The van der Waals surface area contributed by atoms with Crippen molar-refractivity contribution in [1.82, 2.24) is 15.2 Å². The highest BCUT2D eigenvalue weighted by atomic mass is 35.5. The minimum Gasteiger partial charge on any atom is -0.452 e. The van der Waals surface area contributed by atoms with Gasteiger partial charge in [0.15, 0.2) is 5.82 Å². The van der Waals surface area contributed by atoms with Crippen LogP contribution < -0.4 is 4.90 Å². The number of nitrogens with zero attached hydrogens (tertiary/aromatic N) is 3. The number of carbonyl (C=O) groups is 1. The Labute approximate surface area is 135 Å². The van der Waals surface area contributed by atoms with Gasteiger partial charge in [-0.15, -0.1) is 0 Å². The lowest BCUT2D eigenvalue weighted by atomic mass is 10.2. The van der Waals surface area contributed by atoms with Gasteiger partial charge in [-0.2, -0.15) is 5.10 Å². The van der Waals surface area contributed by atoms with Gasteiger partial charge in [-0.1, -0.05) is 29.3 Å². The number of aromatic amines is 1. The van der Waals surface area contributed by atoms with Crippen LogP contribution in [0.3, 0.4) is 0 Å². The molecule has 1 aromatic carbocycles. The zero-order valence-corrected chi connectivity index (χ0v) is 12.9. The Balaban J connectivity index is 2.28. The van der Waals surface area contributed by atoms with E-state index in [2.05, 4.69) is 15.2 Å². The highest BCUT2D eigenvalue weighted by Crippen LogP contribution is 2.39. The molecule has 22 heavy (non-hydrogen) atoms. The average molecular weight is 337 g/mol. The number of fused-ring (bicyclic) bond motifs is 1. The summed E-state index contributed by atoms with van der Waals surface area (Å²) < 4.78 is 4.86. The second kappa shape index (κ2) is 5.82. The van der Waals surface area contributed by atoms with Gasteiger partial charge in [-0.25, -0.2) is 14.7 Å². The highest BCUT2D eigenvalue weighted by Gasteiger charge is 2.26. The third-order valence-electron chi connectivity index (χ3n) is 3.07. The smallest absolute Gasteiger partial charge is 0.420 e. The highest BCUT2D eigenvalue weighted by molar-refractivity contribution is 6.40. The minimum atomic E-state index is -0.656. The van der Waals surface area contributed by atoms with Gasteiger partial charge in [0.05, 0.1) is 33.7 Å². The van der Waals surface area contributed by atoms with Crippen molar-refractivity contribution in [3.63, 3.8) is 0 Å². The van der Waals surface area contributed by atoms with Crippen LogP contribution in [0, 0.1) is 0 Å². The zero-order chi connectivity index (χ0) is 15.7. The van der Waals surface area contributed by atoms with E-state index in [1.54, 1.807) is 36.7 Å². The van der Waals surface area contributed by atoms with Crippen molar-refractivity contribution in [2.75, 3.05) is 12.0 Å². The first-order chi connectivity index (χ1) is 10.6. The largest absolute Gasteiger partial charge is 0.452 e. The molecule has 0 aliphatic rings. The fraction of sp³-hybridized carbons (Fsp3) is 0.0714. The summed E-state index contributed by atoms with van der Waals surface area (Å²) in [6.07, 6.45) is 2.52. The van der Waals surface area contributed by atoms with Crippen molar-refractivity contribution in [1.29, 1.82) is 0 Å². The monoisotopic (exact) mass is 336 g/mol. The number of pyridine rings is 1. The second-order valence-electron chi connectivity index (χ2n) is 4.33. The number of benzene rings is 1. The summed E-state index contributed by atoms with van der Waals surface area (Å²) in [6.45, 7) is 0. The molecule has 3 aromatic rings. The maximum absolute atomic E-state index is 12.3. The maximum atomic E-state index is 12.3. The Bertz CT molecular complexity index is 829. The predicted molar refractivity (Wildman–Crippen MR) is 84.9 cm³/mol. The van der Waals surface area contributed by atoms with E-state index in [9.17, 15) is 4.79 Å². The number of hydrogen-bond acceptors (Lipinski definition) is 4. The van der Waals surface area contributed by atoms with E-state index in [0.717, 1.165) is 0 Å². The molecule has 0 atom stereocenters. The molecular weight excluding hydrogens is 327 g/mol. The van der Waals surface area contributed by atoms with Gasteiger partial charge in [0.25, 0.3) is 0 Å². The molecule has 3 rings (SSSR count). The first kappa shape index (κ1) is 14.6. The van der Waals surface area contributed by atoms with Crippen molar-refractivity contribution in [2.45, 2.75) is 0 Å². The summed E-state index contributed by atoms with van der Waals surface area (Å²) in [5.74, 6) is 0.327. The van der Waals surface area contributed by atoms with E-state index in [-0.39, 0.29) is 0 Å². The van der Waals surface area contributed by atoms with E-state index >= 15 is 0 Å². The molecule has 0 saturated carbocycles. The molecule has 0 bridgehead atoms. The van der Waals surface area contributed by atoms with E-state index < -0.39 is 6.09 Å². The maximum Gasteiger partial charge on any atom is 0.420 e. The average Bonchev–Trinajstić information content (AvgIpc) is 2.99. The number of halogens is 2. The van der Waals surface area contributed by atoms with Crippen molar-refractivity contribution in [3.05, 3.63) is 46.7 Å². The van der Waals surface area contributed by atoms with Gasteiger partial charge in [0.1, 0.15) is 0 Å². The summed E-state index contributed by atoms with van der Waals surface area (Å²) in [7, 11) is 1.27. The van der Waals surface area contributed by atoms with Crippen LogP contribution in [0.15, 0.2) is 36.7 Å². The second-order valence-corrected chi connectivity index (χ2v) is 5.14. The Morgan fingerprint density at radius 2 is 2.00 bits per heavy atom. The molecule has 6 nitrogen and oxygen atoms in total. The number of H-pyrrole nitrogens is 1. The fourth-order valence-corrected chi connectivity index (χ4v) is 2.68. The molecule has 1 amide bonds.